The van der Waals surface area contributed by atoms with Crippen LogP contribution in [0.25, 0.3) is 0 Å². The lowest BCUT2D eigenvalue weighted by Gasteiger charge is -2.36. The molecule has 0 unspecified atom stereocenters. The van der Waals surface area contributed by atoms with Crippen LogP contribution < -0.4 is 5.32 Å². The molecule has 1 aliphatic rings. The van der Waals surface area contributed by atoms with E-state index in [2.05, 4.69) is 10.2 Å². The summed E-state index contributed by atoms with van der Waals surface area (Å²) in [5.74, 6) is 0.750. The van der Waals surface area contributed by atoms with E-state index in [0.717, 1.165) is 25.6 Å². The van der Waals surface area contributed by atoms with Crippen molar-refractivity contribution in [1.82, 2.24) is 15.1 Å². The fraction of sp³-hybridized carbons (Fsp3) is 0.579. The average Bonchev–Trinajstić information content (AvgIpc) is 2.59. The number of rotatable bonds is 4. The minimum atomic E-state index is -0.396. The van der Waals surface area contributed by atoms with Crippen LogP contribution in [0, 0.1) is 5.82 Å². The highest BCUT2D eigenvalue weighted by molar-refractivity contribution is 14.0. The van der Waals surface area contributed by atoms with Gasteiger partial charge in [0.25, 0.3) is 0 Å². The first kappa shape index (κ1) is 22.7. The quantitative estimate of drug-likeness (QED) is 0.413. The molecule has 1 aliphatic heterocycles. The second-order valence-corrected chi connectivity index (χ2v) is 7.03. The van der Waals surface area contributed by atoms with E-state index in [4.69, 9.17) is 4.99 Å². The fourth-order valence-corrected chi connectivity index (χ4v) is 3.03. The summed E-state index contributed by atoms with van der Waals surface area (Å²) in [6, 6.07) is 6.88. The van der Waals surface area contributed by atoms with Gasteiger partial charge in [-0.05, 0) is 18.6 Å². The van der Waals surface area contributed by atoms with E-state index in [-0.39, 0.29) is 35.7 Å². The van der Waals surface area contributed by atoms with E-state index in [1.165, 1.54) is 6.07 Å². The Morgan fingerprint density at radius 1 is 1.19 bits per heavy atom. The van der Waals surface area contributed by atoms with E-state index < -0.39 is 5.41 Å². The number of amides is 1. The van der Waals surface area contributed by atoms with Gasteiger partial charge in [-0.2, -0.15) is 0 Å². The van der Waals surface area contributed by atoms with Crippen molar-refractivity contribution < 1.29 is 9.18 Å². The number of nitrogens with zero attached hydrogens (tertiary/aromatic N) is 3. The van der Waals surface area contributed by atoms with Crippen LogP contribution in [0.3, 0.4) is 0 Å². The zero-order valence-electron chi connectivity index (χ0n) is 16.1. The van der Waals surface area contributed by atoms with Gasteiger partial charge in [-0.1, -0.05) is 32.0 Å². The summed E-state index contributed by atoms with van der Waals surface area (Å²) in [5, 5.41) is 3.31. The zero-order chi connectivity index (χ0) is 18.4. The molecule has 0 spiro atoms. The molecule has 1 N–H and O–H groups in total. The second-order valence-electron chi connectivity index (χ2n) is 7.03. The number of hydrogen-bond acceptors (Lipinski definition) is 2. The zero-order valence-corrected chi connectivity index (χ0v) is 18.4. The molecule has 1 aromatic carbocycles. The van der Waals surface area contributed by atoms with E-state index in [9.17, 15) is 9.18 Å². The van der Waals surface area contributed by atoms with Crippen LogP contribution in [-0.4, -0.2) is 60.9 Å². The van der Waals surface area contributed by atoms with Crippen molar-refractivity contribution in [3.63, 3.8) is 0 Å². The maximum atomic E-state index is 14.1. The summed E-state index contributed by atoms with van der Waals surface area (Å²) in [6.45, 7) is 11.8. The lowest BCUT2D eigenvalue weighted by atomic mass is 9.84. The molecule has 1 saturated heterocycles. The first-order chi connectivity index (χ1) is 11.8. The lowest BCUT2D eigenvalue weighted by molar-refractivity contribution is -0.130. The first-order valence-electron chi connectivity index (χ1n) is 8.89. The third kappa shape index (κ3) is 5.82. The predicted octanol–water partition coefficient (Wildman–Crippen LogP) is 2.85. The maximum Gasteiger partial charge on any atom is 0.219 e. The standard InChI is InChI=1S/C19H29FN4O.HI/c1-5-21-18(24-12-10-23(11-13-24)15(2)25)22-14-19(3,4)16-8-6-7-9-17(16)20;/h6-9H,5,10-14H2,1-4H3,(H,21,22);1H. The molecule has 0 aliphatic carbocycles. The summed E-state index contributed by atoms with van der Waals surface area (Å²) in [4.78, 5) is 20.2. The highest BCUT2D eigenvalue weighted by Gasteiger charge is 2.25. The molecule has 1 heterocycles. The third-order valence-electron chi connectivity index (χ3n) is 4.59. The van der Waals surface area contributed by atoms with Gasteiger partial charge in [0.2, 0.25) is 5.91 Å². The highest BCUT2D eigenvalue weighted by Crippen LogP contribution is 2.26. The van der Waals surface area contributed by atoms with Crippen LogP contribution >= 0.6 is 24.0 Å². The first-order valence-corrected chi connectivity index (χ1v) is 8.89. The van der Waals surface area contributed by atoms with Crippen LogP contribution in [-0.2, 0) is 10.2 Å². The Morgan fingerprint density at radius 3 is 2.31 bits per heavy atom. The summed E-state index contributed by atoms with van der Waals surface area (Å²) in [6.07, 6.45) is 0. The van der Waals surface area contributed by atoms with Crippen molar-refractivity contribution in [3.8, 4) is 0 Å². The fourth-order valence-electron chi connectivity index (χ4n) is 3.03. The number of guanidine groups is 1. The monoisotopic (exact) mass is 476 g/mol. The summed E-state index contributed by atoms with van der Waals surface area (Å²) < 4.78 is 14.1. The van der Waals surface area contributed by atoms with Gasteiger partial charge >= 0.3 is 0 Å². The number of hydrogen-bond donors (Lipinski definition) is 1. The molecule has 2 rings (SSSR count). The van der Waals surface area contributed by atoms with Crippen LogP contribution in [0.1, 0.15) is 33.3 Å². The maximum absolute atomic E-state index is 14.1. The summed E-state index contributed by atoms with van der Waals surface area (Å²) in [7, 11) is 0. The normalized spacial score (nSPS) is 15.5. The van der Waals surface area contributed by atoms with Crippen molar-refractivity contribution >= 4 is 35.8 Å². The largest absolute Gasteiger partial charge is 0.357 e. The molecule has 1 aromatic rings. The molecular formula is C19H30FIN4O. The van der Waals surface area contributed by atoms with Crippen LogP contribution in [0.2, 0.25) is 0 Å². The molecule has 1 amide bonds. The third-order valence-corrected chi connectivity index (χ3v) is 4.59. The molecular weight excluding hydrogens is 446 g/mol. The number of aliphatic imine (C=N–C) groups is 1. The van der Waals surface area contributed by atoms with Gasteiger partial charge < -0.3 is 15.1 Å². The Bertz CT molecular complexity index is 628. The molecule has 0 radical (unpaired) electrons. The van der Waals surface area contributed by atoms with Gasteiger partial charge in [-0.3, -0.25) is 9.79 Å². The number of halogens is 2. The van der Waals surface area contributed by atoms with E-state index >= 15 is 0 Å². The van der Waals surface area contributed by atoms with Crippen LogP contribution in [0.15, 0.2) is 29.3 Å². The molecule has 1 fully saturated rings. The topological polar surface area (TPSA) is 47.9 Å². The minimum absolute atomic E-state index is 0. The van der Waals surface area contributed by atoms with Crippen molar-refractivity contribution in [2.24, 2.45) is 4.99 Å². The van der Waals surface area contributed by atoms with Gasteiger partial charge in [0.15, 0.2) is 5.96 Å². The van der Waals surface area contributed by atoms with Gasteiger partial charge in [0, 0.05) is 45.1 Å². The van der Waals surface area contributed by atoms with E-state index in [1.54, 1.807) is 13.0 Å². The van der Waals surface area contributed by atoms with E-state index in [1.807, 2.05) is 37.8 Å². The Kier molecular flexibility index (Phi) is 8.79. The van der Waals surface area contributed by atoms with Crippen LogP contribution in [0.5, 0.6) is 0 Å². The van der Waals surface area contributed by atoms with Crippen molar-refractivity contribution in [2.75, 3.05) is 39.3 Å². The smallest absolute Gasteiger partial charge is 0.219 e. The Labute approximate surface area is 173 Å². The van der Waals surface area contributed by atoms with Crippen molar-refractivity contribution in [2.45, 2.75) is 33.1 Å². The van der Waals surface area contributed by atoms with E-state index in [0.29, 0.717) is 25.2 Å². The summed E-state index contributed by atoms with van der Waals surface area (Å²) >= 11 is 0. The SMILES string of the molecule is CCNC(=NCC(C)(C)c1ccccc1F)N1CCN(C(C)=O)CC1.I. The van der Waals surface area contributed by atoms with Crippen molar-refractivity contribution in [3.05, 3.63) is 35.6 Å². The Hall–Kier alpha value is -1.38. The number of nitrogens with one attached hydrogen (secondary N) is 1. The van der Waals surface area contributed by atoms with Crippen LogP contribution in [0.4, 0.5) is 4.39 Å². The molecule has 0 bridgehead atoms. The lowest BCUT2D eigenvalue weighted by Crippen LogP contribution is -2.53. The number of carbonyl (C=O) groups is 1. The number of piperazine rings is 1. The molecule has 7 heteroatoms. The molecule has 26 heavy (non-hydrogen) atoms. The molecule has 0 aromatic heterocycles. The number of carbonyl (C=O) groups excluding carboxylic acids is 1. The molecule has 0 saturated carbocycles. The molecule has 0 atom stereocenters. The van der Waals surface area contributed by atoms with Gasteiger partial charge in [0.05, 0.1) is 6.54 Å². The van der Waals surface area contributed by atoms with Gasteiger partial charge in [0.1, 0.15) is 5.82 Å². The molecule has 146 valence electrons. The Morgan fingerprint density at radius 2 is 1.77 bits per heavy atom. The van der Waals surface area contributed by atoms with Crippen molar-refractivity contribution in [1.29, 1.82) is 0 Å². The minimum Gasteiger partial charge on any atom is -0.357 e. The number of benzene rings is 1. The van der Waals surface area contributed by atoms with Gasteiger partial charge in [-0.25, -0.2) is 4.39 Å². The van der Waals surface area contributed by atoms with Gasteiger partial charge in [-0.15, -0.1) is 24.0 Å². The second kappa shape index (κ2) is 10.1. The average molecular weight is 476 g/mol. The predicted molar refractivity (Wildman–Crippen MR) is 115 cm³/mol. The Balaban J connectivity index is 0.00000338. The summed E-state index contributed by atoms with van der Waals surface area (Å²) in [5.41, 5.74) is 0.281. The highest BCUT2D eigenvalue weighted by atomic mass is 127. The molecule has 5 nitrogen and oxygen atoms in total.